The quantitative estimate of drug-likeness (QED) is 0.816. The number of nitrogens with one attached hydrogen (secondary N) is 2. The average Bonchev–Trinajstić information content (AvgIpc) is 3.12. The molecule has 24 heavy (non-hydrogen) atoms. The van der Waals surface area contributed by atoms with Crippen molar-refractivity contribution in [3.8, 4) is 0 Å². The molecule has 0 aliphatic carbocycles. The Morgan fingerprint density at radius 2 is 2.04 bits per heavy atom. The molecule has 3 rings (SSSR count). The summed E-state index contributed by atoms with van der Waals surface area (Å²) in [7, 11) is 0. The molecular formula is C18H25N3O3. The van der Waals surface area contributed by atoms with Gasteiger partial charge in [-0.25, -0.2) is 10.9 Å². The monoisotopic (exact) mass is 331 g/mol. The van der Waals surface area contributed by atoms with Crippen LogP contribution >= 0.6 is 0 Å². The molecule has 0 radical (unpaired) electrons. The highest BCUT2D eigenvalue weighted by Crippen LogP contribution is 2.25. The molecule has 1 amide bonds. The predicted octanol–water partition coefficient (Wildman–Crippen LogP) is 1.40. The van der Waals surface area contributed by atoms with Gasteiger partial charge < -0.3 is 9.64 Å². The van der Waals surface area contributed by atoms with Gasteiger partial charge in [-0.1, -0.05) is 30.3 Å². The second-order valence-electron chi connectivity index (χ2n) is 6.42. The summed E-state index contributed by atoms with van der Waals surface area (Å²) in [5.41, 5.74) is 7.49. The molecule has 0 aromatic heterocycles. The molecular weight excluding hydrogens is 306 g/mol. The number of carbonyl (C=O) groups is 2. The van der Waals surface area contributed by atoms with Crippen LogP contribution in [-0.2, 0) is 14.3 Å². The zero-order chi connectivity index (χ0) is 16.9. The fourth-order valence-corrected chi connectivity index (χ4v) is 3.47. The Balaban J connectivity index is 1.57. The van der Waals surface area contributed by atoms with E-state index >= 15 is 0 Å². The number of hydrogen-bond acceptors (Lipinski definition) is 5. The van der Waals surface area contributed by atoms with Crippen LogP contribution in [0.2, 0.25) is 0 Å². The predicted molar refractivity (Wildman–Crippen MR) is 89.8 cm³/mol. The number of amides is 1. The van der Waals surface area contributed by atoms with Gasteiger partial charge in [0.25, 0.3) is 0 Å². The molecule has 1 aromatic carbocycles. The van der Waals surface area contributed by atoms with Crippen LogP contribution in [0.4, 0.5) is 0 Å². The first-order chi connectivity index (χ1) is 11.7. The maximum atomic E-state index is 12.8. The average molecular weight is 331 g/mol. The summed E-state index contributed by atoms with van der Waals surface area (Å²) in [6.45, 7) is 3.37. The molecule has 6 heteroatoms. The van der Waals surface area contributed by atoms with Gasteiger partial charge in [-0.2, -0.15) is 0 Å². The van der Waals surface area contributed by atoms with Gasteiger partial charge in [-0.15, -0.1) is 0 Å². The van der Waals surface area contributed by atoms with Gasteiger partial charge in [0.2, 0.25) is 5.91 Å². The molecule has 2 saturated heterocycles. The third kappa shape index (κ3) is 3.76. The second kappa shape index (κ2) is 7.77. The second-order valence-corrected chi connectivity index (χ2v) is 6.42. The number of nitrogens with zero attached hydrogens (tertiary/aromatic N) is 1. The first-order valence-electron chi connectivity index (χ1n) is 8.70. The van der Waals surface area contributed by atoms with Crippen molar-refractivity contribution in [1.29, 1.82) is 0 Å². The molecule has 2 aliphatic heterocycles. The Kier molecular flexibility index (Phi) is 5.48. The molecule has 0 saturated carbocycles. The lowest BCUT2D eigenvalue weighted by Crippen LogP contribution is -2.50. The van der Waals surface area contributed by atoms with Crippen molar-refractivity contribution in [3.05, 3.63) is 35.9 Å². The van der Waals surface area contributed by atoms with Crippen molar-refractivity contribution in [2.75, 3.05) is 19.7 Å². The van der Waals surface area contributed by atoms with E-state index in [1.54, 1.807) is 4.90 Å². The zero-order valence-corrected chi connectivity index (χ0v) is 14.0. The van der Waals surface area contributed by atoms with Crippen LogP contribution in [0.5, 0.6) is 0 Å². The lowest BCUT2D eigenvalue weighted by Gasteiger charge is -2.33. The van der Waals surface area contributed by atoms with Crippen LogP contribution in [0.25, 0.3) is 0 Å². The number of carbonyl (C=O) groups excluding carboxylic acids is 2. The molecule has 0 spiro atoms. The van der Waals surface area contributed by atoms with Crippen LogP contribution in [0, 0.1) is 5.92 Å². The van der Waals surface area contributed by atoms with E-state index < -0.39 is 0 Å². The number of esters is 1. The molecule has 6 nitrogen and oxygen atoms in total. The lowest BCUT2D eigenvalue weighted by atomic mass is 9.96. The van der Waals surface area contributed by atoms with Gasteiger partial charge in [-0.3, -0.25) is 9.59 Å². The molecule has 2 heterocycles. The molecule has 3 unspecified atom stereocenters. The number of benzene rings is 1. The number of hydrazine groups is 1. The van der Waals surface area contributed by atoms with Crippen molar-refractivity contribution in [2.24, 2.45) is 5.92 Å². The molecule has 130 valence electrons. The van der Waals surface area contributed by atoms with Crippen molar-refractivity contribution in [2.45, 2.75) is 38.3 Å². The van der Waals surface area contributed by atoms with E-state index in [1.807, 2.05) is 25.1 Å². The summed E-state index contributed by atoms with van der Waals surface area (Å²) in [4.78, 5) is 26.5. The van der Waals surface area contributed by atoms with Crippen LogP contribution in [-0.4, -0.2) is 42.5 Å². The summed E-state index contributed by atoms with van der Waals surface area (Å²) in [5, 5.41) is 0. The number of hydrogen-bond donors (Lipinski definition) is 2. The van der Waals surface area contributed by atoms with Gasteiger partial charge in [-0.05, 0) is 31.7 Å². The fraction of sp³-hybridized carbons (Fsp3) is 0.556. The molecule has 2 N–H and O–H groups in total. The Morgan fingerprint density at radius 3 is 2.79 bits per heavy atom. The molecule has 0 bridgehead atoms. The minimum absolute atomic E-state index is 0.0647. The molecule has 1 aromatic rings. The highest BCUT2D eigenvalue weighted by atomic mass is 16.5. The van der Waals surface area contributed by atoms with Gasteiger partial charge in [0.1, 0.15) is 6.04 Å². The fourth-order valence-electron chi connectivity index (χ4n) is 3.47. The summed E-state index contributed by atoms with van der Waals surface area (Å²) in [6.07, 6.45) is 2.35. The van der Waals surface area contributed by atoms with Crippen LogP contribution in [0.15, 0.2) is 30.3 Å². The summed E-state index contributed by atoms with van der Waals surface area (Å²) in [6, 6.07) is 9.98. The van der Waals surface area contributed by atoms with Gasteiger partial charge in [0.15, 0.2) is 0 Å². The number of ether oxygens (including phenoxy) is 1. The minimum Gasteiger partial charge on any atom is -0.466 e. The van der Waals surface area contributed by atoms with E-state index in [4.69, 9.17) is 4.74 Å². The normalized spacial score (nSPS) is 27.0. The maximum absolute atomic E-state index is 12.8. The van der Waals surface area contributed by atoms with Crippen molar-refractivity contribution < 1.29 is 14.3 Å². The van der Waals surface area contributed by atoms with Crippen LogP contribution in [0.3, 0.4) is 0 Å². The van der Waals surface area contributed by atoms with Crippen molar-refractivity contribution in [1.82, 2.24) is 15.8 Å². The van der Waals surface area contributed by atoms with Gasteiger partial charge >= 0.3 is 5.97 Å². The van der Waals surface area contributed by atoms with E-state index in [-0.39, 0.29) is 29.9 Å². The maximum Gasteiger partial charge on any atom is 0.310 e. The number of rotatable bonds is 4. The standard InChI is InChI=1S/C18H25N3O3/c1-2-24-18(23)14-9-6-10-21(12-14)17(22)16-11-15(19-20-16)13-7-4-3-5-8-13/h3-5,7-8,14-16,19-20H,2,6,9-12H2,1H3. The third-order valence-electron chi connectivity index (χ3n) is 4.76. The van der Waals surface area contributed by atoms with Gasteiger partial charge in [0, 0.05) is 19.1 Å². The van der Waals surface area contributed by atoms with Crippen LogP contribution < -0.4 is 10.9 Å². The summed E-state index contributed by atoms with van der Waals surface area (Å²) in [5.74, 6) is -0.313. The molecule has 3 atom stereocenters. The van der Waals surface area contributed by atoms with E-state index in [2.05, 4.69) is 23.0 Å². The largest absolute Gasteiger partial charge is 0.466 e. The van der Waals surface area contributed by atoms with Crippen LogP contribution in [0.1, 0.15) is 37.8 Å². The molecule has 2 aliphatic rings. The Labute approximate surface area is 142 Å². The first kappa shape index (κ1) is 16.9. The van der Waals surface area contributed by atoms with E-state index in [0.717, 1.165) is 12.8 Å². The highest BCUT2D eigenvalue weighted by Gasteiger charge is 2.36. The van der Waals surface area contributed by atoms with E-state index in [0.29, 0.717) is 26.1 Å². The summed E-state index contributed by atoms with van der Waals surface area (Å²) < 4.78 is 5.10. The van der Waals surface area contributed by atoms with Crippen molar-refractivity contribution in [3.63, 3.8) is 0 Å². The van der Waals surface area contributed by atoms with E-state index in [9.17, 15) is 9.59 Å². The SMILES string of the molecule is CCOC(=O)C1CCCN(C(=O)C2CC(c3ccccc3)NN2)C1. The minimum atomic E-state index is -0.254. The Bertz CT molecular complexity index is 578. The van der Waals surface area contributed by atoms with E-state index in [1.165, 1.54) is 5.56 Å². The third-order valence-corrected chi connectivity index (χ3v) is 4.76. The zero-order valence-electron chi connectivity index (χ0n) is 14.0. The van der Waals surface area contributed by atoms with Gasteiger partial charge in [0.05, 0.1) is 12.5 Å². The molecule has 2 fully saturated rings. The summed E-state index contributed by atoms with van der Waals surface area (Å²) >= 11 is 0. The Morgan fingerprint density at radius 1 is 1.25 bits per heavy atom. The number of likely N-dealkylation sites (tertiary alicyclic amines) is 1. The first-order valence-corrected chi connectivity index (χ1v) is 8.70. The topological polar surface area (TPSA) is 70.7 Å². The highest BCUT2D eigenvalue weighted by molar-refractivity contribution is 5.83. The lowest BCUT2D eigenvalue weighted by molar-refractivity contribution is -0.151. The smallest absolute Gasteiger partial charge is 0.310 e. The number of piperidine rings is 1. The van der Waals surface area contributed by atoms with Crippen molar-refractivity contribution >= 4 is 11.9 Å². The Hall–Kier alpha value is -1.92.